The van der Waals surface area contributed by atoms with Crippen LogP contribution in [0.4, 0.5) is 4.79 Å². The topological polar surface area (TPSA) is 58.6 Å². The quantitative estimate of drug-likeness (QED) is 0.664. The van der Waals surface area contributed by atoms with E-state index < -0.39 is 0 Å². The molecule has 0 unspecified atom stereocenters. The maximum Gasteiger partial charge on any atom is 0.325 e. The van der Waals surface area contributed by atoms with E-state index in [0.29, 0.717) is 13.2 Å². The van der Waals surface area contributed by atoms with Crippen LogP contribution in [0.3, 0.4) is 0 Å². The molecular formula is C9H18N2O3. The average molecular weight is 202 g/mol. The number of carbonyl (C=O) groups excluding carboxylic acids is 2. The Kier molecular flexibility index (Phi) is 6.53. The Balaban J connectivity index is 4.08. The van der Waals surface area contributed by atoms with Gasteiger partial charge in [-0.1, -0.05) is 6.92 Å². The summed E-state index contributed by atoms with van der Waals surface area (Å²) in [5, 5.41) is 2.48. The molecule has 0 fully saturated rings. The first-order valence-electron chi connectivity index (χ1n) is 4.77. The molecule has 0 radical (unpaired) electrons. The van der Waals surface area contributed by atoms with Gasteiger partial charge in [-0.3, -0.25) is 4.79 Å². The molecule has 0 atom stereocenters. The van der Waals surface area contributed by atoms with E-state index in [4.69, 9.17) is 4.74 Å². The van der Waals surface area contributed by atoms with Crippen LogP contribution in [0.15, 0.2) is 0 Å². The molecule has 82 valence electrons. The van der Waals surface area contributed by atoms with E-state index >= 15 is 0 Å². The number of ether oxygens (including phenoxy) is 1. The minimum atomic E-state index is -0.371. The van der Waals surface area contributed by atoms with Gasteiger partial charge in [0.25, 0.3) is 0 Å². The second kappa shape index (κ2) is 7.17. The standard InChI is InChI=1S/C9H18N2O3/c1-4-6-11(9(13)10-3)7-8(12)14-5-2/h4-7H2,1-3H3,(H,10,13). The van der Waals surface area contributed by atoms with Gasteiger partial charge in [-0.2, -0.15) is 0 Å². The summed E-state index contributed by atoms with van der Waals surface area (Å²) in [6.45, 7) is 4.59. The molecule has 0 aromatic rings. The predicted molar refractivity (Wildman–Crippen MR) is 53.0 cm³/mol. The zero-order valence-electron chi connectivity index (χ0n) is 9.00. The molecule has 0 heterocycles. The number of hydrogen-bond donors (Lipinski definition) is 1. The summed E-state index contributed by atoms with van der Waals surface area (Å²) in [6.07, 6.45) is 0.812. The van der Waals surface area contributed by atoms with Crippen LogP contribution in [0, 0.1) is 0 Å². The molecule has 0 aliphatic carbocycles. The number of amides is 2. The lowest BCUT2D eigenvalue weighted by Crippen LogP contribution is -2.42. The third-order valence-electron chi connectivity index (χ3n) is 1.62. The van der Waals surface area contributed by atoms with Crippen LogP contribution in [0.5, 0.6) is 0 Å². The number of nitrogens with one attached hydrogen (secondary N) is 1. The van der Waals surface area contributed by atoms with E-state index in [-0.39, 0.29) is 18.5 Å². The van der Waals surface area contributed by atoms with Crippen molar-refractivity contribution < 1.29 is 14.3 Å². The molecule has 0 aromatic heterocycles. The van der Waals surface area contributed by atoms with Gasteiger partial charge in [0.05, 0.1) is 6.61 Å². The smallest absolute Gasteiger partial charge is 0.325 e. The average Bonchev–Trinajstić information content (AvgIpc) is 2.16. The fraction of sp³-hybridized carbons (Fsp3) is 0.778. The van der Waals surface area contributed by atoms with E-state index in [1.54, 1.807) is 6.92 Å². The molecule has 0 spiro atoms. The van der Waals surface area contributed by atoms with Crippen molar-refractivity contribution in [3.8, 4) is 0 Å². The van der Waals surface area contributed by atoms with Crippen molar-refractivity contribution in [2.45, 2.75) is 20.3 Å². The predicted octanol–water partition coefficient (Wildman–Crippen LogP) is 0.601. The molecule has 0 saturated heterocycles. The summed E-state index contributed by atoms with van der Waals surface area (Å²) < 4.78 is 4.75. The van der Waals surface area contributed by atoms with E-state index in [9.17, 15) is 9.59 Å². The number of rotatable bonds is 5. The van der Waals surface area contributed by atoms with Gasteiger partial charge in [-0.25, -0.2) is 4.79 Å². The minimum Gasteiger partial charge on any atom is -0.465 e. The summed E-state index contributed by atoms with van der Waals surface area (Å²) in [6, 6.07) is -0.250. The fourth-order valence-electron chi connectivity index (χ4n) is 1.04. The molecule has 0 rings (SSSR count). The molecule has 5 heteroatoms. The van der Waals surface area contributed by atoms with Gasteiger partial charge in [0, 0.05) is 13.6 Å². The Labute approximate surface area is 84.4 Å². The molecule has 0 aromatic carbocycles. The van der Waals surface area contributed by atoms with Gasteiger partial charge < -0.3 is 15.0 Å². The van der Waals surface area contributed by atoms with Crippen LogP contribution >= 0.6 is 0 Å². The van der Waals surface area contributed by atoms with Crippen molar-refractivity contribution in [1.82, 2.24) is 10.2 Å². The summed E-state index contributed by atoms with van der Waals surface area (Å²) in [7, 11) is 1.54. The Bertz CT molecular complexity index is 194. The Hall–Kier alpha value is -1.26. The first kappa shape index (κ1) is 12.7. The highest BCUT2D eigenvalue weighted by molar-refractivity contribution is 5.80. The van der Waals surface area contributed by atoms with Gasteiger partial charge in [0.15, 0.2) is 0 Å². The van der Waals surface area contributed by atoms with Crippen molar-refractivity contribution >= 4 is 12.0 Å². The minimum absolute atomic E-state index is 0.0152. The second-order valence-electron chi connectivity index (χ2n) is 2.78. The van der Waals surface area contributed by atoms with E-state index in [1.807, 2.05) is 6.92 Å². The second-order valence-corrected chi connectivity index (χ2v) is 2.78. The van der Waals surface area contributed by atoms with Gasteiger partial charge in [-0.05, 0) is 13.3 Å². The zero-order chi connectivity index (χ0) is 11.0. The third-order valence-corrected chi connectivity index (χ3v) is 1.62. The Morgan fingerprint density at radius 2 is 2.00 bits per heavy atom. The molecule has 5 nitrogen and oxygen atoms in total. The highest BCUT2D eigenvalue weighted by Gasteiger charge is 2.15. The summed E-state index contributed by atoms with van der Waals surface area (Å²) in [5.41, 5.74) is 0. The maximum atomic E-state index is 11.2. The van der Waals surface area contributed by atoms with Gasteiger partial charge in [-0.15, -0.1) is 0 Å². The van der Waals surface area contributed by atoms with Crippen LogP contribution < -0.4 is 5.32 Å². The number of carbonyl (C=O) groups is 2. The lowest BCUT2D eigenvalue weighted by molar-refractivity contribution is -0.143. The molecule has 2 amide bonds. The van der Waals surface area contributed by atoms with Crippen LogP contribution in [0.2, 0.25) is 0 Å². The van der Waals surface area contributed by atoms with Gasteiger partial charge in [0.2, 0.25) is 0 Å². The number of urea groups is 1. The molecule has 0 aliphatic rings. The first-order chi connectivity index (χ1) is 6.65. The van der Waals surface area contributed by atoms with Gasteiger partial charge in [0.1, 0.15) is 6.54 Å². The van der Waals surface area contributed by atoms with Crippen LogP contribution in [-0.4, -0.2) is 43.6 Å². The summed E-state index contributed by atoms with van der Waals surface area (Å²) >= 11 is 0. The normalized spacial score (nSPS) is 9.36. The van der Waals surface area contributed by atoms with E-state index in [2.05, 4.69) is 5.32 Å². The molecule has 0 saturated carbocycles. The van der Waals surface area contributed by atoms with Gasteiger partial charge >= 0.3 is 12.0 Å². The zero-order valence-corrected chi connectivity index (χ0v) is 9.00. The third kappa shape index (κ3) is 4.69. The van der Waals surface area contributed by atoms with Crippen LogP contribution in [0.1, 0.15) is 20.3 Å². The number of hydrogen-bond acceptors (Lipinski definition) is 3. The SMILES string of the molecule is CCCN(CC(=O)OCC)C(=O)NC. The highest BCUT2D eigenvalue weighted by atomic mass is 16.5. The Morgan fingerprint density at radius 3 is 2.43 bits per heavy atom. The van der Waals surface area contributed by atoms with Crippen molar-refractivity contribution in [2.24, 2.45) is 0 Å². The largest absolute Gasteiger partial charge is 0.465 e. The van der Waals surface area contributed by atoms with E-state index in [1.165, 1.54) is 11.9 Å². The summed E-state index contributed by atoms with van der Waals surface area (Å²) in [5.74, 6) is -0.371. The number of esters is 1. The lowest BCUT2D eigenvalue weighted by atomic mass is 10.4. The maximum absolute atomic E-state index is 11.2. The molecule has 1 N–H and O–H groups in total. The molecule has 14 heavy (non-hydrogen) atoms. The summed E-state index contributed by atoms with van der Waals surface area (Å²) in [4.78, 5) is 23.8. The molecule has 0 aliphatic heterocycles. The van der Waals surface area contributed by atoms with Crippen LogP contribution in [-0.2, 0) is 9.53 Å². The first-order valence-corrected chi connectivity index (χ1v) is 4.77. The van der Waals surface area contributed by atoms with Crippen molar-refractivity contribution in [3.63, 3.8) is 0 Å². The van der Waals surface area contributed by atoms with Crippen molar-refractivity contribution in [1.29, 1.82) is 0 Å². The van der Waals surface area contributed by atoms with Crippen LogP contribution in [0.25, 0.3) is 0 Å². The highest BCUT2D eigenvalue weighted by Crippen LogP contribution is 1.93. The fourth-order valence-corrected chi connectivity index (χ4v) is 1.04. The number of nitrogens with zero attached hydrogens (tertiary/aromatic N) is 1. The van der Waals surface area contributed by atoms with Crippen molar-refractivity contribution in [2.75, 3.05) is 26.7 Å². The van der Waals surface area contributed by atoms with Crippen molar-refractivity contribution in [3.05, 3.63) is 0 Å². The Morgan fingerprint density at radius 1 is 1.36 bits per heavy atom. The van der Waals surface area contributed by atoms with E-state index in [0.717, 1.165) is 6.42 Å². The lowest BCUT2D eigenvalue weighted by Gasteiger charge is -2.20. The molecular weight excluding hydrogens is 184 g/mol. The monoisotopic (exact) mass is 202 g/mol. The molecule has 0 bridgehead atoms.